The molecule has 21 heavy (non-hydrogen) atoms. The van der Waals surface area contributed by atoms with Crippen molar-refractivity contribution in [3.05, 3.63) is 56.7 Å². The van der Waals surface area contributed by atoms with Crippen LogP contribution < -0.4 is 5.32 Å². The van der Waals surface area contributed by atoms with Crippen LogP contribution in [-0.4, -0.2) is 18.5 Å². The second kappa shape index (κ2) is 8.54. The molecule has 114 valence electrons. The van der Waals surface area contributed by atoms with E-state index in [1.807, 2.05) is 29.5 Å². The largest absolute Gasteiger partial charge is 0.312 e. The zero-order valence-electron chi connectivity index (χ0n) is 12.7. The number of rotatable bonds is 8. The molecule has 0 saturated carbocycles. The van der Waals surface area contributed by atoms with Gasteiger partial charge in [0.15, 0.2) is 0 Å². The van der Waals surface area contributed by atoms with E-state index in [1.54, 1.807) is 0 Å². The minimum Gasteiger partial charge on any atom is -0.312 e. The van der Waals surface area contributed by atoms with Gasteiger partial charge in [-0.05, 0) is 43.8 Å². The molecule has 0 aliphatic rings. The summed E-state index contributed by atoms with van der Waals surface area (Å²) in [5, 5.41) is 4.29. The Labute approximate surface area is 136 Å². The Kier molecular flexibility index (Phi) is 6.71. The van der Waals surface area contributed by atoms with Gasteiger partial charge < -0.3 is 5.32 Å². The van der Waals surface area contributed by atoms with Gasteiger partial charge in [-0.15, -0.1) is 11.3 Å². The van der Waals surface area contributed by atoms with E-state index in [0.29, 0.717) is 0 Å². The summed E-state index contributed by atoms with van der Waals surface area (Å²) in [4.78, 5) is 5.11. The molecule has 2 rings (SSSR count). The first kappa shape index (κ1) is 16.5. The molecule has 1 N–H and O–H groups in total. The van der Waals surface area contributed by atoms with Gasteiger partial charge in [0.1, 0.15) is 0 Å². The van der Waals surface area contributed by atoms with E-state index in [9.17, 15) is 0 Å². The molecule has 1 aromatic carbocycles. The predicted octanol–water partition coefficient (Wildman–Crippen LogP) is 4.53. The van der Waals surface area contributed by atoms with Gasteiger partial charge >= 0.3 is 0 Å². The van der Waals surface area contributed by atoms with Crippen LogP contribution in [0.25, 0.3) is 0 Å². The minimum atomic E-state index is 0.847. The quantitative estimate of drug-likeness (QED) is 0.718. The van der Waals surface area contributed by atoms with E-state index in [1.165, 1.54) is 21.7 Å². The standard InChI is InChI=1S/C17H23ClN2S/c1-3-10-19-11-15-8-9-16(21-15)13-20(2)12-14-6-4-5-7-17(14)18/h4-9,19H,3,10-13H2,1-2H3. The molecule has 0 radical (unpaired) electrons. The highest BCUT2D eigenvalue weighted by molar-refractivity contribution is 7.11. The summed E-state index contributed by atoms with van der Waals surface area (Å²) in [6.45, 7) is 6.09. The molecule has 1 heterocycles. The summed E-state index contributed by atoms with van der Waals surface area (Å²) >= 11 is 8.10. The molecular weight excluding hydrogens is 300 g/mol. The van der Waals surface area contributed by atoms with Crippen LogP contribution in [0.2, 0.25) is 5.02 Å². The number of hydrogen-bond donors (Lipinski definition) is 1. The van der Waals surface area contributed by atoms with E-state index in [4.69, 9.17) is 11.6 Å². The lowest BCUT2D eigenvalue weighted by molar-refractivity contribution is 0.322. The third-order valence-electron chi connectivity index (χ3n) is 3.27. The number of benzene rings is 1. The molecular formula is C17H23ClN2S. The van der Waals surface area contributed by atoms with E-state index < -0.39 is 0 Å². The molecule has 0 amide bonds. The van der Waals surface area contributed by atoms with Gasteiger partial charge in [-0.2, -0.15) is 0 Å². The summed E-state index contributed by atoms with van der Waals surface area (Å²) in [6, 6.07) is 12.5. The predicted molar refractivity (Wildman–Crippen MR) is 92.9 cm³/mol. The fraction of sp³-hybridized carbons (Fsp3) is 0.412. The molecule has 0 bridgehead atoms. The Balaban J connectivity index is 1.85. The van der Waals surface area contributed by atoms with Gasteiger partial charge in [0.25, 0.3) is 0 Å². The lowest BCUT2D eigenvalue weighted by atomic mass is 10.2. The number of hydrogen-bond acceptors (Lipinski definition) is 3. The average molecular weight is 323 g/mol. The third kappa shape index (κ3) is 5.44. The Morgan fingerprint density at radius 2 is 1.86 bits per heavy atom. The van der Waals surface area contributed by atoms with Crippen molar-refractivity contribution >= 4 is 22.9 Å². The summed E-state index contributed by atoms with van der Waals surface area (Å²) in [7, 11) is 2.14. The van der Waals surface area contributed by atoms with Gasteiger partial charge in [0.05, 0.1) is 0 Å². The van der Waals surface area contributed by atoms with Crippen LogP contribution in [-0.2, 0) is 19.6 Å². The van der Waals surface area contributed by atoms with Crippen molar-refractivity contribution in [1.29, 1.82) is 0 Å². The summed E-state index contributed by atoms with van der Waals surface area (Å²) < 4.78 is 0. The van der Waals surface area contributed by atoms with Crippen molar-refractivity contribution in [3.8, 4) is 0 Å². The van der Waals surface area contributed by atoms with Gasteiger partial charge in [-0.1, -0.05) is 36.7 Å². The first-order valence-corrected chi connectivity index (χ1v) is 8.58. The van der Waals surface area contributed by atoms with Crippen LogP contribution in [0.1, 0.15) is 28.7 Å². The Bertz CT molecular complexity index is 553. The maximum Gasteiger partial charge on any atom is 0.0451 e. The summed E-state index contributed by atoms with van der Waals surface area (Å²) in [5.74, 6) is 0. The fourth-order valence-corrected chi connectivity index (χ4v) is 3.49. The fourth-order valence-electron chi connectivity index (χ4n) is 2.23. The van der Waals surface area contributed by atoms with Crippen molar-refractivity contribution in [3.63, 3.8) is 0 Å². The van der Waals surface area contributed by atoms with Crippen molar-refractivity contribution in [1.82, 2.24) is 10.2 Å². The highest BCUT2D eigenvalue weighted by Gasteiger charge is 2.07. The molecule has 2 nitrogen and oxygen atoms in total. The van der Waals surface area contributed by atoms with E-state index >= 15 is 0 Å². The monoisotopic (exact) mass is 322 g/mol. The van der Waals surface area contributed by atoms with Crippen LogP contribution in [0, 0.1) is 0 Å². The van der Waals surface area contributed by atoms with Gasteiger partial charge in [0, 0.05) is 34.4 Å². The van der Waals surface area contributed by atoms with Gasteiger partial charge in [0.2, 0.25) is 0 Å². The second-order valence-electron chi connectivity index (χ2n) is 5.31. The summed E-state index contributed by atoms with van der Waals surface area (Å²) in [5.41, 5.74) is 1.18. The van der Waals surface area contributed by atoms with Crippen molar-refractivity contribution in [2.75, 3.05) is 13.6 Å². The molecule has 0 atom stereocenters. The average Bonchev–Trinajstić information content (AvgIpc) is 2.89. The van der Waals surface area contributed by atoms with Crippen molar-refractivity contribution < 1.29 is 0 Å². The third-order valence-corrected chi connectivity index (χ3v) is 4.71. The van der Waals surface area contributed by atoms with Gasteiger partial charge in [-0.25, -0.2) is 0 Å². The van der Waals surface area contributed by atoms with Crippen molar-refractivity contribution in [2.45, 2.75) is 33.0 Å². The number of nitrogens with one attached hydrogen (secondary N) is 1. The molecule has 4 heteroatoms. The summed E-state index contributed by atoms with van der Waals surface area (Å²) in [6.07, 6.45) is 1.18. The minimum absolute atomic E-state index is 0.847. The van der Waals surface area contributed by atoms with E-state index in [-0.39, 0.29) is 0 Å². The zero-order valence-corrected chi connectivity index (χ0v) is 14.3. The molecule has 0 unspecified atom stereocenters. The number of nitrogens with zero attached hydrogens (tertiary/aromatic N) is 1. The van der Waals surface area contributed by atoms with Crippen molar-refractivity contribution in [2.24, 2.45) is 0 Å². The molecule has 1 aromatic heterocycles. The topological polar surface area (TPSA) is 15.3 Å². The normalized spacial score (nSPS) is 11.2. The second-order valence-corrected chi connectivity index (χ2v) is 6.97. The number of thiophene rings is 1. The first-order valence-electron chi connectivity index (χ1n) is 7.39. The smallest absolute Gasteiger partial charge is 0.0451 e. The van der Waals surface area contributed by atoms with E-state index in [2.05, 4.69) is 42.4 Å². The molecule has 0 fully saturated rings. The molecule has 0 saturated heterocycles. The zero-order chi connectivity index (χ0) is 15.1. The van der Waals surface area contributed by atoms with E-state index in [0.717, 1.165) is 31.2 Å². The number of halogens is 1. The van der Waals surface area contributed by atoms with Crippen LogP contribution >= 0.6 is 22.9 Å². The molecule has 0 aliphatic carbocycles. The maximum atomic E-state index is 6.21. The highest BCUT2D eigenvalue weighted by atomic mass is 35.5. The lowest BCUT2D eigenvalue weighted by Gasteiger charge is -2.16. The lowest BCUT2D eigenvalue weighted by Crippen LogP contribution is -2.16. The van der Waals surface area contributed by atoms with Gasteiger partial charge in [-0.3, -0.25) is 4.90 Å². The van der Waals surface area contributed by atoms with Crippen LogP contribution in [0.3, 0.4) is 0 Å². The SMILES string of the molecule is CCCNCc1ccc(CN(C)Cc2ccccc2Cl)s1. The van der Waals surface area contributed by atoms with Crippen LogP contribution in [0.15, 0.2) is 36.4 Å². The molecule has 0 aliphatic heterocycles. The first-order chi connectivity index (χ1) is 10.2. The Morgan fingerprint density at radius 3 is 2.62 bits per heavy atom. The Hall–Kier alpha value is -0.870. The molecule has 2 aromatic rings. The van der Waals surface area contributed by atoms with Crippen LogP contribution in [0.5, 0.6) is 0 Å². The Morgan fingerprint density at radius 1 is 1.10 bits per heavy atom. The highest BCUT2D eigenvalue weighted by Crippen LogP contribution is 2.21. The molecule has 0 spiro atoms. The maximum absolute atomic E-state index is 6.21. The van der Waals surface area contributed by atoms with Crippen LogP contribution in [0.4, 0.5) is 0 Å².